The van der Waals surface area contributed by atoms with E-state index >= 15 is 0 Å². The summed E-state index contributed by atoms with van der Waals surface area (Å²) in [7, 11) is -3.28. The Morgan fingerprint density at radius 2 is 1.93 bits per heavy atom. The standard InChI is InChI=1S/C9H17NO3S/c1-3-5-9-14(12,13)10(6-4-2)7-8-11/h3-4,11H,1-2,5-9H2. The van der Waals surface area contributed by atoms with Crippen molar-refractivity contribution in [2.75, 3.05) is 25.4 Å². The van der Waals surface area contributed by atoms with Gasteiger partial charge in [0.1, 0.15) is 0 Å². The molecule has 0 rings (SSSR count). The molecule has 0 fully saturated rings. The highest BCUT2D eigenvalue weighted by atomic mass is 32.2. The van der Waals surface area contributed by atoms with Gasteiger partial charge in [0.05, 0.1) is 12.4 Å². The third kappa shape index (κ3) is 4.55. The SMILES string of the molecule is C=CCCS(=O)(=O)N(CC=C)CCO. The fourth-order valence-electron chi connectivity index (χ4n) is 0.961. The molecule has 0 aliphatic heterocycles. The van der Waals surface area contributed by atoms with E-state index in [1.807, 2.05) is 0 Å². The largest absolute Gasteiger partial charge is 0.395 e. The highest BCUT2D eigenvalue weighted by Crippen LogP contribution is 2.03. The minimum absolute atomic E-state index is 0.0321. The van der Waals surface area contributed by atoms with E-state index < -0.39 is 10.0 Å². The first-order valence-electron chi connectivity index (χ1n) is 4.39. The fraction of sp³-hybridized carbons (Fsp3) is 0.556. The number of hydrogen-bond acceptors (Lipinski definition) is 3. The number of nitrogens with zero attached hydrogens (tertiary/aromatic N) is 1. The third-order valence-corrected chi connectivity index (χ3v) is 3.53. The van der Waals surface area contributed by atoms with Crippen LogP contribution in [0.25, 0.3) is 0 Å². The van der Waals surface area contributed by atoms with Crippen molar-refractivity contribution in [3.8, 4) is 0 Å². The molecule has 0 spiro atoms. The Balaban J connectivity index is 4.44. The van der Waals surface area contributed by atoms with Crippen molar-refractivity contribution in [3.63, 3.8) is 0 Å². The first-order chi connectivity index (χ1) is 6.58. The molecule has 0 aromatic rings. The van der Waals surface area contributed by atoms with Crippen LogP contribution in [-0.2, 0) is 10.0 Å². The maximum Gasteiger partial charge on any atom is 0.214 e. The van der Waals surface area contributed by atoms with Crippen molar-refractivity contribution in [2.24, 2.45) is 0 Å². The molecule has 0 saturated heterocycles. The molecule has 0 unspecified atom stereocenters. The normalized spacial score (nSPS) is 11.6. The molecule has 0 aliphatic rings. The summed E-state index contributed by atoms with van der Waals surface area (Å²) in [5.74, 6) is 0.0321. The Hall–Kier alpha value is -0.650. The van der Waals surface area contributed by atoms with Gasteiger partial charge in [-0.15, -0.1) is 13.2 Å². The predicted octanol–water partition coefficient (Wildman–Crippen LogP) is 0.373. The molecule has 82 valence electrons. The molecule has 0 heterocycles. The number of rotatable bonds is 8. The Morgan fingerprint density at radius 3 is 2.36 bits per heavy atom. The van der Waals surface area contributed by atoms with Crippen LogP contribution in [0.4, 0.5) is 0 Å². The lowest BCUT2D eigenvalue weighted by Gasteiger charge is -2.18. The smallest absolute Gasteiger partial charge is 0.214 e. The Bertz CT molecular complexity index is 272. The lowest BCUT2D eigenvalue weighted by molar-refractivity contribution is 0.260. The Labute approximate surface area is 85.6 Å². The number of allylic oxidation sites excluding steroid dienone is 1. The molecular formula is C9H17NO3S. The zero-order chi connectivity index (χ0) is 11.0. The summed E-state index contributed by atoms with van der Waals surface area (Å²) in [4.78, 5) is 0. The van der Waals surface area contributed by atoms with E-state index in [0.29, 0.717) is 6.42 Å². The highest BCUT2D eigenvalue weighted by molar-refractivity contribution is 7.89. The van der Waals surface area contributed by atoms with Crippen LogP contribution in [0.2, 0.25) is 0 Å². The van der Waals surface area contributed by atoms with Gasteiger partial charge in [-0.05, 0) is 6.42 Å². The molecule has 5 heteroatoms. The molecule has 0 amide bonds. The summed E-state index contributed by atoms with van der Waals surface area (Å²) < 4.78 is 24.4. The van der Waals surface area contributed by atoms with Crippen molar-refractivity contribution >= 4 is 10.0 Å². The lowest BCUT2D eigenvalue weighted by Crippen LogP contribution is -2.35. The van der Waals surface area contributed by atoms with Crippen LogP contribution in [-0.4, -0.2) is 43.3 Å². The van der Waals surface area contributed by atoms with Crippen molar-refractivity contribution in [1.29, 1.82) is 0 Å². The molecule has 0 bridgehead atoms. The molecule has 1 N–H and O–H groups in total. The van der Waals surface area contributed by atoms with E-state index in [1.165, 1.54) is 10.4 Å². The van der Waals surface area contributed by atoms with Crippen LogP contribution in [0.3, 0.4) is 0 Å². The van der Waals surface area contributed by atoms with Crippen LogP contribution in [0.15, 0.2) is 25.3 Å². The van der Waals surface area contributed by atoms with Gasteiger partial charge in [0.15, 0.2) is 0 Å². The van der Waals surface area contributed by atoms with Crippen molar-refractivity contribution in [2.45, 2.75) is 6.42 Å². The zero-order valence-electron chi connectivity index (χ0n) is 8.22. The molecule has 4 nitrogen and oxygen atoms in total. The van der Waals surface area contributed by atoms with Gasteiger partial charge in [0, 0.05) is 13.1 Å². The molecule has 0 atom stereocenters. The van der Waals surface area contributed by atoms with Gasteiger partial charge in [-0.1, -0.05) is 12.2 Å². The number of aliphatic hydroxyl groups excluding tert-OH is 1. The zero-order valence-corrected chi connectivity index (χ0v) is 9.04. The molecular weight excluding hydrogens is 202 g/mol. The van der Waals surface area contributed by atoms with Gasteiger partial charge in [0.2, 0.25) is 10.0 Å². The summed E-state index contributed by atoms with van der Waals surface area (Å²) in [5, 5.41) is 8.69. The fourth-order valence-corrected chi connectivity index (χ4v) is 2.38. The van der Waals surface area contributed by atoms with E-state index in [1.54, 1.807) is 6.08 Å². The number of sulfonamides is 1. The third-order valence-electron chi connectivity index (χ3n) is 1.66. The molecule has 0 aromatic carbocycles. The van der Waals surface area contributed by atoms with E-state index in [-0.39, 0.29) is 25.4 Å². The number of hydrogen-bond donors (Lipinski definition) is 1. The second-order valence-corrected chi connectivity index (χ2v) is 4.85. The van der Waals surface area contributed by atoms with Crippen LogP contribution >= 0.6 is 0 Å². The average molecular weight is 219 g/mol. The Kier molecular flexibility index (Phi) is 6.44. The van der Waals surface area contributed by atoms with Gasteiger partial charge in [-0.2, -0.15) is 4.31 Å². The Morgan fingerprint density at radius 1 is 1.29 bits per heavy atom. The first-order valence-corrected chi connectivity index (χ1v) is 6.00. The van der Waals surface area contributed by atoms with Crippen LogP contribution in [0.1, 0.15) is 6.42 Å². The minimum Gasteiger partial charge on any atom is -0.395 e. The van der Waals surface area contributed by atoms with Crippen molar-refractivity contribution in [1.82, 2.24) is 4.31 Å². The predicted molar refractivity (Wildman–Crippen MR) is 57.5 cm³/mol. The monoisotopic (exact) mass is 219 g/mol. The van der Waals surface area contributed by atoms with Crippen molar-refractivity contribution < 1.29 is 13.5 Å². The van der Waals surface area contributed by atoms with Crippen LogP contribution in [0.5, 0.6) is 0 Å². The van der Waals surface area contributed by atoms with Gasteiger partial charge < -0.3 is 5.11 Å². The summed E-state index contributed by atoms with van der Waals surface area (Å²) in [6, 6.07) is 0. The maximum atomic E-state index is 11.6. The van der Waals surface area contributed by atoms with Gasteiger partial charge in [-0.25, -0.2) is 8.42 Å². The molecule has 0 aliphatic carbocycles. The summed E-state index contributed by atoms with van der Waals surface area (Å²) in [6.07, 6.45) is 3.48. The first kappa shape index (κ1) is 13.4. The quantitative estimate of drug-likeness (QED) is 0.600. The molecule has 14 heavy (non-hydrogen) atoms. The molecule has 0 saturated carbocycles. The van der Waals surface area contributed by atoms with E-state index in [9.17, 15) is 8.42 Å². The second kappa shape index (κ2) is 6.75. The molecule has 0 radical (unpaired) electrons. The summed E-state index contributed by atoms with van der Waals surface area (Å²) >= 11 is 0. The van der Waals surface area contributed by atoms with Gasteiger partial charge in [0.25, 0.3) is 0 Å². The lowest BCUT2D eigenvalue weighted by atomic mass is 10.5. The number of aliphatic hydroxyl groups is 1. The maximum absolute atomic E-state index is 11.6. The summed E-state index contributed by atoms with van der Waals surface area (Å²) in [5.41, 5.74) is 0. The van der Waals surface area contributed by atoms with Gasteiger partial charge in [-0.3, -0.25) is 0 Å². The van der Waals surface area contributed by atoms with Crippen LogP contribution in [0, 0.1) is 0 Å². The van der Waals surface area contributed by atoms with E-state index in [4.69, 9.17) is 5.11 Å². The average Bonchev–Trinajstić information content (AvgIpc) is 2.14. The molecule has 0 aromatic heterocycles. The van der Waals surface area contributed by atoms with Crippen LogP contribution < -0.4 is 0 Å². The second-order valence-electron chi connectivity index (χ2n) is 2.76. The van der Waals surface area contributed by atoms with E-state index in [0.717, 1.165) is 0 Å². The van der Waals surface area contributed by atoms with E-state index in [2.05, 4.69) is 13.2 Å². The highest BCUT2D eigenvalue weighted by Gasteiger charge is 2.18. The van der Waals surface area contributed by atoms with Crippen molar-refractivity contribution in [3.05, 3.63) is 25.3 Å². The topological polar surface area (TPSA) is 57.6 Å². The summed E-state index contributed by atoms with van der Waals surface area (Å²) in [6.45, 7) is 7.10. The minimum atomic E-state index is -3.28. The van der Waals surface area contributed by atoms with Gasteiger partial charge >= 0.3 is 0 Å².